The molecule has 0 spiro atoms. The summed E-state index contributed by atoms with van der Waals surface area (Å²) < 4.78 is 25.8. The van der Waals surface area contributed by atoms with Gasteiger partial charge in [-0.25, -0.2) is 8.51 Å². The number of rotatable bonds is 8. The van der Waals surface area contributed by atoms with Gasteiger partial charge in [-0.3, -0.25) is 4.79 Å². The summed E-state index contributed by atoms with van der Waals surface area (Å²) in [5.41, 5.74) is 2.04. The summed E-state index contributed by atoms with van der Waals surface area (Å²) in [4.78, 5) is 9.28. The minimum Gasteiger partial charge on any atom is -0.497 e. The highest BCUT2D eigenvalue weighted by molar-refractivity contribution is 7.82. The number of ether oxygens (including phenoxy) is 2. The summed E-state index contributed by atoms with van der Waals surface area (Å²) in [6.07, 6.45) is 2.26. The third-order valence-corrected chi connectivity index (χ3v) is 5.57. The third-order valence-electron chi connectivity index (χ3n) is 3.67. The third kappa shape index (κ3) is 5.89. The second kappa shape index (κ2) is 10.4. The van der Waals surface area contributed by atoms with Crippen molar-refractivity contribution in [2.75, 3.05) is 26.9 Å². The van der Waals surface area contributed by atoms with Gasteiger partial charge in [-0.15, -0.1) is 0 Å². The van der Waals surface area contributed by atoms with Crippen molar-refractivity contribution < 1.29 is 23.6 Å². The summed E-state index contributed by atoms with van der Waals surface area (Å²) >= 11 is 0. The second-order valence-electron chi connectivity index (χ2n) is 5.51. The highest BCUT2D eigenvalue weighted by Gasteiger charge is 2.34. The van der Waals surface area contributed by atoms with Crippen LogP contribution in [0.2, 0.25) is 0 Å². The Bertz CT molecular complexity index is 537. The first-order valence-corrected chi connectivity index (χ1v) is 9.10. The molecule has 1 aromatic rings. The van der Waals surface area contributed by atoms with Crippen molar-refractivity contribution in [3.63, 3.8) is 0 Å². The number of hydrogen-bond acceptors (Lipinski definition) is 4. The molecule has 136 valence electrons. The van der Waals surface area contributed by atoms with Gasteiger partial charge >= 0.3 is 0 Å². The average Bonchev–Trinajstić information content (AvgIpc) is 3.36. The molecule has 2 rings (SSSR count). The van der Waals surface area contributed by atoms with Crippen LogP contribution in [0.3, 0.4) is 0 Å². The first-order chi connectivity index (χ1) is 11.5. The van der Waals surface area contributed by atoms with E-state index in [1.807, 2.05) is 32.9 Å². The highest BCUT2D eigenvalue weighted by atomic mass is 32.2. The predicted molar refractivity (Wildman–Crippen MR) is 93.8 cm³/mol. The minimum absolute atomic E-state index is 0.250. The fourth-order valence-electron chi connectivity index (χ4n) is 2.48. The molecule has 0 heterocycles. The van der Waals surface area contributed by atoms with E-state index in [0.717, 1.165) is 41.2 Å². The van der Waals surface area contributed by atoms with Crippen molar-refractivity contribution in [3.8, 4) is 5.75 Å². The summed E-state index contributed by atoms with van der Waals surface area (Å²) in [6.45, 7) is 7.78. The predicted octanol–water partition coefficient (Wildman–Crippen LogP) is 2.54. The second-order valence-corrected chi connectivity index (χ2v) is 6.89. The lowest BCUT2D eigenvalue weighted by molar-refractivity contribution is -0.122. The Morgan fingerprint density at radius 1 is 1.33 bits per heavy atom. The molecule has 0 aromatic heterocycles. The van der Waals surface area contributed by atoms with E-state index >= 15 is 0 Å². The van der Waals surface area contributed by atoms with Crippen LogP contribution >= 0.6 is 0 Å². The molecule has 1 N–H and O–H groups in total. The molecule has 7 heteroatoms. The van der Waals surface area contributed by atoms with Crippen LogP contribution in [0.5, 0.6) is 5.75 Å². The first-order valence-electron chi connectivity index (χ1n) is 7.99. The molecule has 0 radical (unpaired) electrons. The summed E-state index contributed by atoms with van der Waals surface area (Å²) in [5, 5.41) is 6.89. The smallest absolute Gasteiger partial charge is 0.290 e. The van der Waals surface area contributed by atoms with Crippen LogP contribution in [0.4, 0.5) is 0 Å². The van der Waals surface area contributed by atoms with Gasteiger partial charge in [-0.2, -0.15) is 0 Å². The van der Waals surface area contributed by atoms with Gasteiger partial charge in [0.15, 0.2) is 0 Å². The molecule has 0 bridgehead atoms. The first kappa shape index (κ1) is 20.6. The van der Waals surface area contributed by atoms with E-state index in [2.05, 4.69) is 4.31 Å². The summed E-state index contributed by atoms with van der Waals surface area (Å²) in [6, 6.07) is 4.34. The Labute approximate surface area is 146 Å². The molecule has 1 aliphatic rings. The molecular formula is C17H27NO5S. The number of aryl methyl sites for hydroxylation is 2. The maximum absolute atomic E-state index is 13.0. The van der Waals surface area contributed by atoms with Gasteiger partial charge in [0.2, 0.25) is 0 Å². The molecule has 0 aliphatic heterocycles. The van der Waals surface area contributed by atoms with Crippen LogP contribution in [0.25, 0.3) is 0 Å². The van der Waals surface area contributed by atoms with E-state index in [9.17, 15) is 4.21 Å². The van der Waals surface area contributed by atoms with Gasteiger partial charge in [0.05, 0.1) is 18.6 Å². The van der Waals surface area contributed by atoms with Gasteiger partial charge in [0.25, 0.3) is 6.47 Å². The lowest BCUT2D eigenvalue weighted by Crippen LogP contribution is -2.32. The van der Waals surface area contributed by atoms with Crippen molar-refractivity contribution in [1.82, 2.24) is 4.31 Å². The normalized spacial score (nSPS) is 14.7. The fraction of sp³-hybridized carbons (Fsp3) is 0.588. The summed E-state index contributed by atoms with van der Waals surface area (Å²) in [7, 11) is 0.528. The monoisotopic (exact) mass is 357 g/mol. The van der Waals surface area contributed by atoms with E-state index < -0.39 is 11.0 Å². The van der Waals surface area contributed by atoms with Crippen LogP contribution in [-0.2, 0) is 20.5 Å². The van der Waals surface area contributed by atoms with Gasteiger partial charge in [-0.05, 0) is 56.9 Å². The SMILES string of the molecule is CCOCCN(C1CC1)S(=O)c1c(C)cc(OC)cc1C.O=CO. The van der Waals surface area contributed by atoms with E-state index in [0.29, 0.717) is 19.3 Å². The molecule has 6 nitrogen and oxygen atoms in total. The van der Waals surface area contributed by atoms with Gasteiger partial charge < -0.3 is 14.6 Å². The van der Waals surface area contributed by atoms with Crippen molar-refractivity contribution >= 4 is 17.5 Å². The number of carboxylic acid groups (broad SMARTS) is 1. The minimum atomic E-state index is -1.13. The molecule has 1 atom stereocenters. The van der Waals surface area contributed by atoms with Gasteiger partial charge in [0, 0.05) is 19.2 Å². The Morgan fingerprint density at radius 2 is 1.88 bits per heavy atom. The van der Waals surface area contributed by atoms with Crippen molar-refractivity contribution in [3.05, 3.63) is 23.3 Å². The number of nitrogens with zero attached hydrogens (tertiary/aromatic N) is 1. The number of methoxy groups -OCH3 is 1. The van der Waals surface area contributed by atoms with Crippen LogP contribution in [0.15, 0.2) is 17.0 Å². The lowest BCUT2D eigenvalue weighted by atomic mass is 10.1. The highest BCUT2D eigenvalue weighted by Crippen LogP contribution is 2.33. The zero-order valence-electron chi connectivity index (χ0n) is 14.8. The molecule has 1 aromatic carbocycles. The zero-order valence-corrected chi connectivity index (χ0v) is 15.6. The van der Waals surface area contributed by atoms with Crippen LogP contribution in [-0.4, -0.2) is 53.0 Å². The maximum Gasteiger partial charge on any atom is 0.290 e. The molecule has 1 unspecified atom stereocenters. The molecule has 0 saturated heterocycles. The average molecular weight is 357 g/mol. The van der Waals surface area contributed by atoms with Crippen LogP contribution in [0, 0.1) is 13.8 Å². The number of carbonyl (C=O) groups is 1. The Kier molecular flexibility index (Phi) is 8.95. The topological polar surface area (TPSA) is 76.1 Å². The zero-order chi connectivity index (χ0) is 18.1. The fourth-order valence-corrected chi connectivity index (χ4v) is 4.11. The summed E-state index contributed by atoms with van der Waals surface area (Å²) in [5.74, 6) is 0.818. The molecule has 1 aliphatic carbocycles. The Morgan fingerprint density at radius 3 is 2.29 bits per heavy atom. The van der Waals surface area contributed by atoms with Gasteiger partial charge in [-0.1, -0.05) is 0 Å². The molecule has 0 amide bonds. The standard InChI is InChI=1S/C16H25NO3S.CH2O2/c1-5-20-9-8-17(14-6-7-14)21(18)16-12(2)10-15(19-4)11-13(16)3;2-1-3/h10-11,14H,5-9H2,1-4H3;1H,(H,2,3). The largest absolute Gasteiger partial charge is 0.497 e. The lowest BCUT2D eigenvalue weighted by Gasteiger charge is -2.23. The van der Waals surface area contributed by atoms with Crippen molar-refractivity contribution in [2.45, 2.75) is 44.6 Å². The van der Waals surface area contributed by atoms with E-state index in [4.69, 9.17) is 19.4 Å². The quantitative estimate of drug-likeness (QED) is 0.571. The van der Waals surface area contributed by atoms with Crippen LogP contribution in [0.1, 0.15) is 30.9 Å². The molecule has 24 heavy (non-hydrogen) atoms. The molecule has 1 saturated carbocycles. The molecule has 1 fully saturated rings. The van der Waals surface area contributed by atoms with E-state index in [1.54, 1.807) is 7.11 Å². The van der Waals surface area contributed by atoms with Gasteiger partial charge in [0.1, 0.15) is 16.7 Å². The number of hydrogen-bond donors (Lipinski definition) is 1. The van der Waals surface area contributed by atoms with Crippen molar-refractivity contribution in [1.29, 1.82) is 0 Å². The van der Waals surface area contributed by atoms with E-state index in [-0.39, 0.29) is 6.47 Å². The van der Waals surface area contributed by atoms with Crippen LogP contribution < -0.4 is 4.74 Å². The number of benzene rings is 1. The molecular weight excluding hydrogens is 330 g/mol. The van der Waals surface area contributed by atoms with Crippen molar-refractivity contribution in [2.24, 2.45) is 0 Å². The maximum atomic E-state index is 13.0. The Balaban J connectivity index is 0.000000891. The Hall–Kier alpha value is -1.44. The van der Waals surface area contributed by atoms with E-state index in [1.165, 1.54) is 0 Å².